The lowest BCUT2D eigenvalue weighted by atomic mass is 9.63. The molecule has 0 aromatic heterocycles. The van der Waals surface area contributed by atoms with E-state index in [1.165, 1.54) is 12.8 Å². The molecule has 2 N–H and O–H groups in total. The minimum atomic E-state index is 0.0955. The van der Waals surface area contributed by atoms with Crippen molar-refractivity contribution in [3.8, 4) is 0 Å². The molecule has 1 saturated carbocycles. The maximum Gasteiger partial charge on any atom is 0.0589 e. The topological polar surface area (TPSA) is 47.7 Å². The molecule has 2 unspecified atom stereocenters. The molecule has 4 nitrogen and oxygen atoms in total. The van der Waals surface area contributed by atoms with Crippen molar-refractivity contribution >= 4 is 0 Å². The molecular weight excluding hydrogens is 252 g/mol. The van der Waals surface area contributed by atoms with Crippen LogP contribution in [0.25, 0.3) is 0 Å². The van der Waals surface area contributed by atoms with Gasteiger partial charge in [-0.05, 0) is 30.6 Å². The van der Waals surface area contributed by atoms with E-state index in [-0.39, 0.29) is 5.54 Å². The highest BCUT2D eigenvalue weighted by Crippen LogP contribution is 2.46. The van der Waals surface area contributed by atoms with Crippen LogP contribution in [0.2, 0.25) is 0 Å². The van der Waals surface area contributed by atoms with Gasteiger partial charge >= 0.3 is 0 Å². The third-order valence-corrected chi connectivity index (χ3v) is 4.62. The van der Waals surface area contributed by atoms with Gasteiger partial charge in [0.15, 0.2) is 0 Å². The Morgan fingerprint density at radius 1 is 1.10 bits per heavy atom. The fourth-order valence-electron chi connectivity index (χ4n) is 4.21. The summed E-state index contributed by atoms with van der Waals surface area (Å²) in [5.41, 5.74) is 6.69. The normalized spacial score (nSPS) is 29.9. The summed E-state index contributed by atoms with van der Waals surface area (Å²) in [6.07, 6.45) is 3.63. The van der Waals surface area contributed by atoms with E-state index in [0.717, 1.165) is 38.6 Å². The van der Waals surface area contributed by atoms with E-state index in [2.05, 4.69) is 25.7 Å². The Morgan fingerprint density at radius 3 is 2.05 bits per heavy atom. The zero-order chi connectivity index (χ0) is 15.2. The van der Waals surface area contributed by atoms with Crippen molar-refractivity contribution in [3.63, 3.8) is 0 Å². The summed E-state index contributed by atoms with van der Waals surface area (Å²) >= 11 is 0. The van der Waals surface area contributed by atoms with Crippen molar-refractivity contribution in [2.24, 2.45) is 17.1 Å². The number of nitrogens with zero attached hydrogens (tertiary/aromatic N) is 1. The average molecular weight is 286 g/mol. The summed E-state index contributed by atoms with van der Waals surface area (Å²) in [5, 5.41) is 0. The second-order valence-electron chi connectivity index (χ2n) is 7.26. The first-order valence-electron chi connectivity index (χ1n) is 7.82. The quantitative estimate of drug-likeness (QED) is 0.742. The molecule has 1 aliphatic rings. The molecule has 0 heterocycles. The minimum absolute atomic E-state index is 0.0955. The number of nitrogens with two attached hydrogens (primary N) is 1. The van der Waals surface area contributed by atoms with Gasteiger partial charge in [0.05, 0.1) is 13.2 Å². The minimum Gasteiger partial charge on any atom is -0.383 e. The van der Waals surface area contributed by atoms with Crippen LogP contribution in [0.4, 0.5) is 0 Å². The summed E-state index contributed by atoms with van der Waals surface area (Å²) in [5.74, 6) is 0.717. The van der Waals surface area contributed by atoms with Crippen LogP contribution in [0.3, 0.4) is 0 Å². The van der Waals surface area contributed by atoms with Gasteiger partial charge in [-0.15, -0.1) is 0 Å². The Balaban J connectivity index is 2.89. The van der Waals surface area contributed by atoms with Gasteiger partial charge in [-0.1, -0.05) is 20.8 Å². The average Bonchev–Trinajstić information content (AvgIpc) is 2.36. The highest BCUT2D eigenvalue weighted by Gasteiger charge is 2.45. The smallest absolute Gasteiger partial charge is 0.0589 e. The lowest BCUT2D eigenvalue weighted by molar-refractivity contribution is -0.0320. The molecule has 0 aromatic carbocycles. The maximum atomic E-state index is 6.24. The van der Waals surface area contributed by atoms with Crippen LogP contribution in [0.1, 0.15) is 40.0 Å². The van der Waals surface area contributed by atoms with E-state index in [1.54, 1.807) is 14.2 Å². The second kappa shape index (κ2) is 7.74. The largest absolute Gasteiger partial charge is 0.383 e. The zero-order valence-electron chi connectivity index (χ0n) is 14.1. The fourth-order valence-corrected chi connectivity index (χ4v) is 4.21. The van der Waals surface area contributed by atoms with Crippen molar-refractivity contribution in [2.75, 3.05) is 47.1 Å². The van der Waals surface area contributed by atoms with Gasteiger partial charge in [-0.2, -0.15) is 0 Å². The van der Waals surface area contributed by atoms with Crippen LogP contribution >= 0.6 is 0 Å². The van der Waals surface area contributed by atoms with Gasteiger partial charge in [0.2, 0.25) is 0 Å². The first-order valence-corrected chi connectivity index (χ1v) is 7.82. The van der Waals surface area contributed by atoms with Crippen LogP contribution in [0.15, 0.2) is 0 Å². The van der Waals surface area contributed by atoms with Gasteiger partial charge < -0.3 is 15.2 Å². The van der Waals surface area contributed by atoms with Crippen LogP contribution in [-0.4, -0.2) is 57.5 Å². The molecule has 0 bridgehead atoms. The molecule has 120 valence electrons. The van der Waals surface area contributed by atoms with Crippen LogP contribution in [-0.2, 0) is 9.47 Å². The molecule has 1 fully saturated rings. The van der Waals surface area contributed by atoms with E-state index in [9.17, 15) is 0 Å². The molecular formula is C16H34N2O2. The van der Waals surface area contributed by atoms with E-state index < -0.39 is 0 Å². The first kappa shape index (κ1) is 17.9. The van der Waals surface area contributed by atoms with Crippen LogP contribution in [0.5, 0.6) is 0 Å². The van der Waals surface area contributed by atoms with Crippen molar-refractivity contribution in [2.45, 2.75) is 45.6 Å². The van der Waals surface area contributed by atoms with E-state index >= 15 is 0 Å². The second-order valence-corrected chi connectivity index (χ2v) is 7.26. The number of ether oxygens (including phenoxy) is 2. The SMILES string of the molecule is COCCN(CCOC)C1(CN)CC(C)CC(C)(C)C1. The van der Waals surface area contributed by atoms with Crippen molar-refractivity contribution in [1.29, 1.82) is 0 Å². The molecule has 0 spiro atoms. The zero-order valence-corrected chi connectivity index (χ0v) is 14.1. The first-order chi connectivity index (χ1) is 9.39. The lowest BCUT2D eigenvalue weighted by Crippen LogP contribution is -2.60. The number of rotatable bonds is 8. The Hall–Kier alpha value is -0.160. The molecule has 0 amide bonds. The molecule has 0 aliphatic heterocycles. The summed E-state index contributed by atoms with van der Waals surface area (Å²) in [7, 11) is 3.52. The molecule has 0 saturated heterocycles. The Kier molecular flexibility index (Phi) is 6.92. The third-order valence-electron chi connectivity index (χ3n) is 4.62. The summed E-state index contributed by atoms with van der Waals surface area (Å²) in [4.78, 5) is 2.51. The number of hydrogen-bond acceptors (Lipinski definition) is 4. The van der Waals surface area contributed by atoms with Crippen molar-refractivity contribution in [3.05, 3.63) is 0 Å². The van der Waals surface area contributed by atoms with Crippen molar-refractivity contribution < 1.29 is 9.47 Å². The Morgan fingerprint density at radius 2 is 1.65 bits per heavy atom. The third kappa shape index (κ3) is 4.69. The van der Waals surface area contributed by atoms with E-state index in [1.807, 2.05) is 0 Å². The predicted molar refractivity (Wildman–Crippen MR) is 83.9 cm³/mol. The van der Waals surface area contributed by atoms with Crippen LogP contribution in [0, 0.1) is 11.3 Å². The van der Waals surface area contributed by atoms with Crippen molar-refractivity contribution in [1.82, 2.24) is 4.90 Å². The molecule has 1 aliphatic carbocycles. The van der Waals surface area contributed by atoms with Gasteiger partial charge in [-0.25, -0.2) is 0 Å². The molecule has 2 atom stereocenters. The fraction of sp³-hybridized carbons (Fsp3) is 1.00. The van der Waals surface area contributed by atoms with E-state index in [4.69, 9.17) is 15.2 Å². The standard InChI is InChI=1S/C16H34N2O2/c1-14-10-15(2,3)12-16(11-14,13-17)18(6-8-19-4)7-9-20-5/h14H,6-13,17H2,1-5H3. The molecule has 20 heavy (non-hydrogen) atoms. The monoisotopic (exact) mass is 286 g/mol. The molecule has 0 radical (unpaired) electrons. The molecule has 1 rings (SSSR count). The van der Waals surface area contributed by atoms with E-state index in [0.29, 0.717) is 12.0 Å². The predicted octanol–water partition coefficient (Wildman–Crippen LogP) is 2.12. The van der Waals surface area contributed by atoms with Gasteiger partial charge in [-0.3, -0.25) is 4.90 Å². The maximum absolute atomic E-state index is 6.24. The number of hydrogen-bond donors (Lipinski definition) is 1. The molecule has 4 heteroatoms. The number of methoxy groups -OCH3 is 2. The Bertz CT molecular complexity index is 276. The lowest BCUT2D eigenvalue weighted by Gasteiger charge is -2.53. The van der Waals surface area contributed by atoms with Crippen LogP contribution < -0.4 is 5.73 Å². The van der Waals surface area contributed by atoms with Gasteiger partial charge in [0.25, 0.3) is 0 Å². The summed E-state index contributed by atoms with van der Waals surface area (Å²) in [6.45, 7) is 11.2. The highest BCUT2D eigenvalue weighted by atomic mass is 16.5. The van der Waals surface area contributed by atoms with Gasteiger partial charge in [0, 0.05) is 39.4 Å². The summed E-state index contributed by atoms with van der Waals surface area (Å²) < 4.78 is 10.6. The van der Waals surface area contributed by atoms with Gasteiger partial charge in [0.1, 0.15) is 0 Å². The molecule has 0 aromatic rings. The highest BCUT2D eigenvalue weighted by molar-refractivity contribution is 5.01. The summed E-state index contributed by atoms with van der Waals surface area (Å²) in [6, 6.07) is 0. The Labute approximate surface area is 125 Å².